The second-order valence-electron chi connectivity index (χ2n) is 8.72. The van der Waals surface area contributed by atoms with Gasteiger partial charge in [-0.15, -0.1) is 0 Å². The van der Waals surface area contributed by atoms with Crippen molar-refractivity contribution in [2.75, 3.05) is 29.9 Å². The number of rotatable bonds is 2. The average Bonchev–Trinajstić information content (AvgIpc) is 3.15. The van der Waals surface area contributed by atoms with Crippen LogP contribution in [0.5, 0.6) is 0 Å². The van der Waals surface area contributed by atoms with Gasteiger partial charge in [0.1, 0.15) is 5.66 Å². The molecule has 1 unspecified atom stereocenters. The van der Waals surface area contributed by atoms with Crippen LogP contribution in [0, 0.1) is 12.8 Å². The predicted molar refractivity (Wildman–Crippen MR) is 118 cm³/mol. The smallest absolute Gasteiger partial charge is 0.255 e. The molecule has 0 aliphatic carbocycles. The minimum Gasteiger partial charge on any atom is -0.362 e. The molecule has 7 heteroatoms. The van der Waals surface area contributed by atoms with Gasteiger partial charge in [-0.25, -0.2) is 0 Å². The lowest BCUT2D eigenvalue weighted by molar-refractivity contribution is -0.137. The molecule has 2 aromatic rings. The van der Waals surface area contributed by atoms with E-state index in [0.29, 0.717) is 38.0 Å². The van der Waals surface area contributed by atoms with Crippen LogP contribution >= 0.6 is 0 Å². The number of fused-ring (bicyclic) bond motifs is 1. The quantitative estimate of drug-likeness (QED) is 0.785. The summed E-state index contributed by atoms with van der Waals surface area (Å²) in [4.78, 5) is 41.9. The molecule has 0 aromatic heterocycles. The number of nitrogens with one attached hydrogen (secondary N) is 2. The van der Waals surface area contributed by atoms with Gasteiger partial charge in [0.05, 0.1) is 11.5 Å². The molecule has 2 aromatic carbocycles. The standard InChI is InChI=1S/C24H26N4O3/c1-16-6-2-5-9-20(16)28-15-17(14-21(28)29)23(31)27-12-10-24(11-13-27)25-19-8-4-3-7-18(19)22(30)26-24/h2-9,17,25H,10-15H2,1H3,(H,26,30). The molecular weight excluding hydrogens is 392 g/mol. The topological polar surface area (TPSA) is 81.8 Å². The Morgan fingerprint density at radius 1 is 1.00 bits per heavy atom. The first-order valence-electron chi connectivity index (χ1n) is 10.8. The molecule has 3 aliphatic heterocycles. The monoisotopic (exact) mass is 418 g/mol. The first kappa shape index (κ1) is 19.6. The van der Waals surface area contributed by atoms with Crippen LogP contribution < -0.4 is 15.5 Å². The van der Waals surface area contributed by atoms with E-state index in [4.69, 9.17) is 0 Å². The summed E-state index contributed by atoms with van der Waals surface area (Å²) in [5.74, 6) is -0.374. The molecule has 3 amide bonds. The van der Waals surface area contributed by atoms with Crippen molar-refractivity contribution >= 4 is 29.1 Å². The number of benzene rings is 2. The van der Waals surface area contributed by atoms with E-state index >= 15 is 0 Å². The Hall–Kier alpha value is -3.35. The zero-order valence-electron chi connectivity index (χ0n) is 17.6. The molecule has 5 rings (SSSR count). The van der Waals surface area contributed by atoms with Crippen molar-refractivity contribution in [3.05, 3.63) is 59.7 Å². The maximum atomic E-state index is 13.2. The zero-order valence-corrected chi connectivity index (χ0v) is 17.6. The fourth-order valence-electron chi connectivity index (χ4n) is 4.95. The molecule has 160 valence electrons. The van der Waals surface area contributed by atoms with E-state index in [2.05, 4.69) is 10.6 Å². The van der Waals surface area contributed by atoms with Crippen LogP contribution in [-0.4, -0.2) is 47.9 Å². The summed E-state index contributed by atoms with van der Waals surface area (Å²) in [5.41, 5.74) is 2.87. The van der Waals surface area contributed by atoms with Crippen molar-refractivity contribution < 1.29 is 14.4 Å². The van der Waals surface area contributed by atoms with E-state index in [1.807, 2.05) is 54.3 Å². The molecule has 31 heavy (non-hydrogen) atoms. The molecular formula is C24H26N4O3. The van der Waals surface area contributed by atoms with Gasteiger partial charge in [0.25, 0.3) is 5.91 Å². The number of likely N-dealkylation sites (tertiary alicyclic amines) is 1. The highest BCUT2D eigenvalue weighted by Crippen LogP contribution is 2.33. The summed E-state index contributed by atoms with van der Waals surface area (Å²) < 4.78 is 0. The van der Waals surface area contributed by atoms with E-state index < -0.39 is 5.66 Å². The van der Waals surface area contributed by atoms with Gasteiger partial charge in [-0.2, -0.15) is 0 Å². The minimum absolute atomic E-state index is 0.000975. The second-order valence-corrected chi connectivity index (χ2v) is 8.72. The number of piperidine rings is 1. The molecule has 2 saturated heterocycles. The molecule has 1 atom stereocenters. The fourth-order valence-corrected chi connectivity index (χ4v) is 4.95. The highest BCUT2D eigenvalue weighted by Gasteiger charge is 2.43. The van der Waals surface area contributed by atoms with Crippen molar-refractivity contribution in [2.24, 2.45) is 5.92 Å². The molecule has 2 N–H and O–H groups in total. The lowest BCUT2D eigenvalue weighted by Gasteiger charge is -2.46. The normalized spacial score (nSPS) is 22.2. The molecule has 7 nitrogen and oxygen atoms in total. The number of carbonyl (C=O) groups excluding carboxylic acids is 3. The molecule has 1 spiro atoms. The molecule has 3 aliphatic rings. The number of para-hydroxylation sites is 2. The van der Waals surface area contributed by atoms with Crippen LogP contribution in [-0.2, 0) is 9.59 Å². The van der Waals surface area contributed by atoms with E-state index in [1.165, 1.54) is 0 Å². The van der Waals surface area contributed by atoms with Crippen molar-refractivity contribution in [1.29, 1.82) is 0 Å². The van der Waals surface area contributed by atoms with Crippen molar-refractivity contribution in [3.63, 3.8) is 0 Å². The molecule has 0 bridgehead atoms. The Bertz CT molecular complexity index is 1060. The maximum absolute atomic E-state index is 13.2. The van der Waals surface area contributed by atoms with E-state index in [0.717, 1.165) is 16.9 Å². The van der Waals surface area contributed by atoms with Crippen molar-refractivity contribution in [3.8, 4) is 0 Å². The fraction of sp³-hybridized carbons (Fsp3) is 0.375. The molecule has 0 saturated carbocycles. The van der Waals surface area contributed by atoms with E-state index in [1.54, 1.807) is 11.0 Å². The van der Waals surface area contributed by atoms with Crippen LogP contribution in [0.25, 0.3) is 0 Å². The summed E-state index contributed by atoms with van der Waals surface area (Å²) in [5, 5.41) is 6.59. The van der Waals surface area contributed by atoms with Crippen molar-refractivity contribution in [2.45, 2.75) is 31.8 Å². The lowest BCUT2D eigenvalue weighted by atomic mass is 9.91. The number of nitrogens with zero attached hydrogens (tertiary/aromatic N) is 2. The molecule has 0 radical (unpaired) electrons. The summed E-state index contributed by atoms with van der Waals surface area (Å²) in [6, 6.07) is 15.3. The third kappa shape index (κ3) is 3.44. The van der Waals surface area contributed by atoms with Gasteiger partial charge >= 0.3 is 0 Å². The Kier molecular flexibility index (Phi) is 4.68. The Morgan fingerprint density at radius 2 is 1.71 bits per heavy atom. The minimum atomic E-state index is -0.527. The van der Waals surface area contributed by atoms with Gasteiger partial charge in [0, 0.05) is 50.3 Å². The van der Waals surface area contributed by atoms with E-state index in [-0.39, 0.29) is 30.1 Å². The molecule has 3 heterocycles. The first-order valence-corrected chi connectivity index (χ1v) is 10.8. The van der Waals surface area contributed by atoms with Crippen LogP contribution in [0.2, 0.25) is 0 Å². The van der Waals surface area contributed by atoms with Crippen LogP contribution in [0.4, 0.5) is 11.4 Å². The Balaban J connectivity index is 1.25. The number of hydrogen-bond donors (Lipinski definition) is 2. The highest BCUT2D eigenvalue weighted by molar-refractivity contribution is 6.02. The van der Waals surface area contributed by atoms with Crippen LogP contribution in [0.1, 0.15) is 35.2 Å². The van der Waals surface area contributed by atoms with Crippen LogP contribution in [0.15, 0.2) is 48.5 Å². The first-order chi connectivity index (χ1) is 15.0. The average molecular weight is 418 g/mol. The lowest BCUT2D eigenvalue weighted by Crippen LogP contribution is -2.63. The Morgan fingerprint density at radius 3 is 2.48 bits per heavy atom. The van der Waals surface area contributed by atoms with E-state index in [9.17, 15) is 14.4 Å². The third-order valence-corrected chi connectivity index (χ3v) is 6.71. The number of anilines is 2. The van der Waals surface area contributed by atoms with Gasteiger partial charge in [-0.3, -0.25) is 14.4 Å². The second kappa shape index (κ2) is 7.41. The zero-order chi connectivity index (χ0) is 21.6. The number of amides is 3. The highest BCUT2D eigenvalue weighted by atomic mass is 16.2. The SMILES string of the molecule is Cc1ccccc1N1CC(C(=O)N2CCC3(CC2)NC(=O)c2ccccc2N3)CC1=O. The summed E-state index contributed by atoms with van der Waals surface area (Å²) in [6.45, 7) is 3.49. The number of aryl methyl sites for hydroxylation is 1. The third-order valence-electron chi connectivity index (χ3n) is 6.71. The number of carbonyl (C=O) groups is 3. The summed E-state index contributed by atoms with van der Waals surface area (Å²) in [7, 11) is 0. The maximum Gasteiger partial charge on any atom is 0.255 e. The van der Waals surface area contributed by atoms with Gasteiger partial charge in [0.15, 0.2) is 0 Å². The molecule has 2 fully saturated rings. The van der Waals surface area contributed by atoms with Gasteiger partial charge in [-0.1, -0.05) is 30.3 Å². The van der Waals surface area contributed by atoms with Crippen LogP contribution in [0.3, 0.4) is 0 Å². The van der Waals surface area contributed by atoms with Crippen molar-refractivity contribution in [1.82, 2.24) is 10.2 Å². The van der Waals surface area contributed by atoms with Gasteiger partial charge in [-0.05, 0) is 30.7 Å². The summed E-state index contributed by atoms with van der Waals surface area (Å²) in [6.07, 6.45) is 1.50. The summed E-state index contributed by atoms with van der Waals surface area (Å²) >= 11 is 0. The van der Waals surface area contributed by atoms with Gasteiger partial charge in [0.2, 0.25) is 11.8 Å². The predicted octanol–water partition coefficient (Wildman–Crippen LogP) is 2.52. The van der Waals surface area contributed by atoms with Gasteiger partial charge < -0.3 is 20.4 Å². The largest absolute Gasteiger partial charge is 0.362 e. The Labute approximate surface area is 181 Å². The number of hydrogen-bond acceptors (Lipinski definition) is 4.